The molecule has 1 aliphatic heterocycles. The molecule has 0 spiro atoms. The van der Waals surface area contributed by atoms with Crippen LogP contribution in [-0.2, 0) is 4.79 Å². The maximum Gasteiger partial charge on any atom is 0.237 e. The van der Waals surface area contributed by atoms with E-state index in [4.69, 9.17) is 9.47 Å². The molecule has 2 aromatic heterocycles. The van der Waals surface area contributed by atoms with Crippen molar-refractivity contribution in [3.63, 3.8) is 0 Å². The number of carbonyl (C=O) groups is 1. The third kappa shape index (κ3) is 3.84. The molecular formula is C20H20N4O3S2. The molecule has 9 heteroatoms. The molecule has 0 radical (unpaired) electrons. The number of rotatable bonds is 6. The Bertz CT molecular complexity index is 1030. The second-order valence-electron chi connectivity index (χ2n) is 6.99. The molecule has 2 aliphatic rings. The lowest BCUT2D eigenvalue weighted by Crippen LogP contribution is -2.23. The van der Waals surface area contributed by atoms with E-state index in [1.807, 2.05) is 30.5 Å². The average Bonchev–Trinajstić information content (AvgIpc) is 3.25. The lowest BCUT2D eigenvalue weighted by atomic mass is 10.2. The normalized spacial score (nSPS) is 16.4. The fourth-order valence-electron chi connectivity index (χ4n) is 3.17. The minimum atomic E-state index is -0.318. The van der Waals surface area contributed by atoms with Crippen LogP contribution in [-0.4, -0.2) is 39.1 Å². The van der Waals surface area contributed by atoms with E-state index >= 15 is 0 Å². The van der Waals surface area contributed by atoms with Gasteiger partial charge in [0.1, 0.15) is 13.2 Å². The zero-order valence-corrected chi connectivity index (χ0v) is 17.5. The molecule has 0 bridgehead atoms. The first-order valence-electron chi connectivity index (χ1n) is 9.55. The number of anilines is 1. The monoisotopic (exact) mass is 428 g/mol. The van der Waals surface area contributed by atoms with Gasteiger partial charge in [0.2, 0.25) is 5.91 Å². The number of hydrogen-bond acceptors (Lipinski definition) is 7. The van der Waals surface area contributed by atoms with Crippen LogP contribution in [0.3, 0.4) is 0 Å². The van der Waals surface area contributed by atoms with Gasteiger partial charge in [-0.2, -0.15) is 0 Å². The zero-order chi connectivity index (χ0) is 19.8. The third-order valence-corrected chi connectivity index (χ3v) is 6.70. The minimum Gasteiger partial charge on any atom is -0.486 e. The standard InChI is InChI=1S/C20H20N4O3S2/c1-12(19(25)21-13-4-7-15-16(11-13)27-9-8-26-15)29-20-23-22-18(17-3-2-10-28-17)24(20)14-5-6-14/h2-4,7,10-12,14H,5-6,8-9H2,1H3,(H,21,25)/t12-/m1/s1. The molecule has 1 atom stereocenters. The van der Waals surface area contributed by atoms with Gasteiger partial charge in [-0.15, -0.1) is 21.5 Å². The second-order valence-corrected chi connectivity index (χ2v) is 9.25. The molecule has 1 amide bonds. The maximum absolute atomic E-state index is 12.8. The van der Waals surface area contributed by atoms with Crippen molar-refractivity contribution in [3.05, 3.63) is 35.7 Å². The van der Waals surface area contributed by atoms with Gasteiger partial charge in [-0.3, -0.25) is 9.36 Å². The molecule has 3 heterocycles. The molecule has 5 rings (SSSR count). The highest BCUT2D eigenvalue weighted by molar-refractivity contribution is 8.00. The molecule has 1 aromatic carbocycles. The van der Waals surface area contributed by atoms with Gasteiger partial charge < -0.3 is 14.8 Å². The summed E-state index contributed by atoms with van der Waals surface area (Å²) in [6.07, 6.45) is 2.25. The summed E-state index contributed by atoms with van der Waals surface area (Å²) in [4.78, 5) is 13.9. The minimum absolute atomic E-state index is 0.0882. The molecule has 1 aliphatic carbocycles. The van der Waals surface area contributed by atoms with Gasteiger partial charge in [0, 0.05) is 17.8 Å². The summed E-state index contributed by atoms with van der Waals surface area (Å²) >= 11 is 3.09. The first-order chi connectivity index (χ1) is 14.2. The van der Waals surface area contributed by atoms with E-state index in [2.05, 4.69) is 26.1 Å². The Balaban J connectivity index is 1.30. The Morgan fingerprint density at radius 1 is 1.24 bits per heavy atom. The van der Waals surface area contributed by atoms with Crippen molar-refractivity contribution >= 4 is 34.7 Å². The Morgan fingerprint density at radius 2 is 2.07 bits per heavy atom. The first-order valence-corrected chi connectivity index (χ1v) is 11.3. The van der Waals surface area contributed by atoms with Crippen LogP contribution >= 0.6 is 23.1 Å². The summed E-state index contributed by atoms with van der Waals surface area (Å²) in [7, 11) is 0. The van der Waals surface area contributed by atoms with Crippen molar-refractivity contribution in [1.29, 1.82) is 0 Å². The smallest absolute Gasteiger partial charge is 0.237 e. The van der Waals surface area contributed by atoms with Gasteiger partial charge in [0.25, 0.3) is 0 Å². The van der Waals surface area contributed by atoms with E-state index in [9.17, 15) is 4.79 Å². The highest BCUT2D eigenvalue weighted by Crippen LogP contribution is 2.42. The number of thiophene rings is 1. The van der Waals surface area contributed by atoms with E-state index in [0.717, 1.165) is 28.7 Å². The van der Waals surface area contributed by atoms with Crippen molar-refractivity contribution in [2.45, 2.75) is 36.2 Å². The van der Waals surface area contributed by atoms with E-state index in [1.54, 1.807) is 17.4 Å². The SMILES string of the molecule is C[C@@H](Sc1nnc(-c2cccs2)n1C1CC1)C(=O)Nc1ccc2c(c1)OCCO2. The van der Waals surface area contributed by atoms with Crippen molar-refractivity contribution in [2.24, 2.45) is 0 Å². The van der Waals surface area contributed by atoms with Crippen LogP contribution in [0.4, 0.5) is 5.69 Å². The van der Waals surface area contributed by atoms with E-state index in [1.165, 1.54) is 11.8 Å². The van der Waals surface area contributed by atoms with Gasteiger partial charge in [-0.25, -0.2) is 0 Å². The summed E-state index contributed by atoms with van der Waals surface area (Å²) in [5.41, 5.74) is 0.689. The van der Waals surface area contributed by atoms with Gasteiger partial charge in [0.15, 0.2) is 22.5 Å². The molecule has 0 unspecified atom stereocenters. The van der Waals surface area contributed by atoms with Crippen LogP contribution in [0.2, 0.25) is 0 Å². The first kappa shape index (κ1) is 18.5. The largest absolute Gasteiger partial charge is 0.486 e. The van der Waals surface area contributed by atoms with Crippen molar-refractivity contribution in [2.75, 3.05) is 18.5 Å². The summed E-state index contributed by atoms with van der Waals surface area (Å²) in [6, 6.07) is 9.94. The molecular weight excluding hydrogens is 408 g/mol. The summed E-state index contributed by atoms with van der Waals surface area (Å²) < 4.78 is 13.3. The van der Waals surface area contributed by atoms with E-state index in [0.29, 0.717) is 36.4 Å². The predicted octanol–water partition coefficient (Wildman–Crippen LogP) is 4.23. The van der Waals surface area contributed by atoms with Gasteiger partial charge in [-0.05, 0) is 43.3 Å². The Kier molecular flexibility index (Phi) is 4.92. The quantitative estimate of drug-likeness (QED) is 0.592. The van der Waals surface area contributed by atoms with Gasteiger partial charge >= 0.3 is 0 Å². The molecule has 29 heavy (non-hydrogen) atoms. The van der Waals surface area contributed by atoms with Crippen molar-refractivity contribution < 1.29 is 14.3 Å². The van der Waals surface area contributed by atoms with Crippen molar-refractivity contribution in [1.82, 2.24) is 14.8 Å². The van der Waals surface area contributed by atoms with Crippen LogP contribution in [0.25, 0.3) is 10.7 Å². The lowest BCUT2D eigenvalue weighted by Gasteiger charge is -2.19. The highest BCUT2D eigenvalue weighted by atomic mass is 32.2. The summed E-state index contributed by atoms with van der Waals surface area (Å²) in [6.45, 7) is 2.94. The Morgan fingerprint density at radius 3 is 2.83 bits per heavy atom. The third-order valence-electron chi connectivity index (χ3n) is 4.78. The van der Waals surface area contributed by atoms with Crippen LogP contribution in [0.1, 0.15) is 25.8 Å². The number of ether oxygens (including phenoxy) is 2. The molecule has 1 fully saturated rings. The number of nitrogens with zero attached hydrogens (tertiary/aromatic N) is 3. The molecule has 3 aromatic rings. The number of carbonyl (C=O) groups excluding carboxylic acids is 1. The second kappa shape index (κ2) is 7.72. The van der Waals surface area contributed by atoms with Crippen LogP contribution < -0.4 is 14.8 Å². The maximum atomic E-state index is 12.8. The molecule has 1 N–H and O–H groups in total. The topological polar surface area (TPSA) is 78.3 Å². The molecule has 150 valence electrons. The fourth-order valence-corrected chi connectivity index (χ4v) is 4.79. The Hall–Kier alpha value is -2.52. The predicted molar refractivity (Wildman–Crippen MR) is 113 cm³/mol. The molecule has 7 nitrogen and oxygen atoms in total. The fraction of sp³-hybridized carbons (Fsp3) is 0.350. The number of benzene rings is 1. The van der Waals surface area contributed by atoms with Gasteiger partial charge in [0.05, 0.1) is 10.1 Å². The van der Waals surface area contributed by atoms with Crippen LogP contribution in [0.5, 0.6) is 11.5 Å². The molecule has 1 saturated carbocycles. The lowest BCUT2D eigenvalue weighted by molar-refractivity contribution is -0.115. The summed E-state index contributed by atoms with van der Waals surface area (Å²) in [5.74, 6) is 2.16. The van der Waals surface area contributed by atoms with E-state index in [-0.39, 0.29) is 11.2 Å². The van der Waals surface area contributed by atoms with Gasteiger partial charge in [-0.1, -0.05) is 17.8 Å². The number of nitrogens with one attached hydrogen (secondary N) is 1. The Labute approximate surface area is 176 Å². The average molecular weight is 429 g/mol. The molecule has 0 saturated heterocycles. The summed E-state index contributed by atoms with van der Waals surface area (Å²) in [5, 5.41) is 14.3. The zero-order valence-electron chi connectivity index (χ0n) is 15.8. The highest BCUT2D eigenvalue weighted by Gasteiger charge is 2.31. The number of aromatic nitrogens is 3. The number of amides is 1. The number of hydrogen-bond donors (Lipinski definition) is 1. The van der Waals surface area contributed by atoms with Crippen LogP contribution in [0, 0.1) is 0 Å². The number of thioether (sulfide) groups is 1. The van der Waals surface area contributed by atoms with Crippen molar-refractivity contribution in [3.8, 4) is 22.2 Å². The van der Waals surface area contributed by atoms with Crippen LogP contribution in [0.15, 0.2) is 40.9 Å². The van der Waals surface area contributed by atoms with E-state index < -0.39 is 0 Å². The number of fused-ring (bicyclic) bond motifs is 1.